The summed E-state index contributed by atoms with van der Waals surface area (Å²) in [5.41, 5.74) is 0.336. The van der Waals surface area contributed by atoms with E-state index in [9.17, 15) is 5.11 Å². The molecule has 1 rings (SSSR count). The van der Waals surface area contributed by atoms with Crippen LogP contribution in [0.2, 0.25) is 0 Å². The Kier molecular flexibility index (Phi) is 4.70. The van der Waals surface area contributed by atoms with Crippen LogP contribution in [0.4, 0.5) is 0 Å². The fraction of sp³-hybridized carbons (Fsp3) is 0.545. The molecule has 4 heteroatoms. The number of halogens is 1. The minimum atomic E-state index is -0.633. The molecule has 0 bridgehead atoms. The lowest BCUT2D eigenvalue weighted by molar-refractivity contribution is 0.0555. The third-order valence-electron chi connectivity index (χ3n) is 2.35. The summed E-state index contributed by atoms with van der Waals surface area (Å²) in [6.45, 7) is 5.06. The quantitative estimate of drug-likeness (QED) is 0.807. The lowest BCUT2D eigenvalue weighted by Gasteiger charge is -2.21. The Balaban J connectivity index is 2.38. The maximum absolute atomic E-state index is 9.76. The predicted molar refractivity (Wildman–Crippen MR) is 64.6 cm³/mol. The molecule has 0 aromatic carbocycles. The number of nitrogens with one attached hydrogen (secondary N) is 1. The number of hydrogen-bond acceptors (Lipinski definition) is 3. The van der Waals surface area contributed by atoms with E-state index >= 15 is 0 Å². The Hall–Kier alpha value is -0.450. The van der Waals surface area contributed by atoms with Crippen molar-refractivity contribution in [1.82, 2.24) is 10.3 Å². The van der Waals surface area contributed by atoms with Gasteiger partial charge in [0.2, 0.25) is 0 Å². The van der Waals surface area contributed by atoms with E-state index in [4.69, 9.17) is 0 Å². The first kappa shape index (κ1) is 12.6. The topological polar surface area (TPSA) is 45.1 Å². The molecular weight excluding hydrogens is 256 g/mol. The Bertz CT molecular complexity index is 315. The number of hydrogen-bond donors (Lipinski definition) is 2. The van der Waals surface area contributed by atoms with Crippen LogP contribution < -0.4 is 5.32 Å². The van der Waals surface area contributed by atoms with E-state index < -0.39 is 5.60 Å². The van der Waals surface area contributed by atoms with Crippen LogP contribution in [0.3, 0.4) is 0 Å². The van der Waals surface area contributed by atoms with Gasteiger partial charge in [-0.15, -0.1) is 0 Å². The van der Waals surface area contributed by atoms with Gasteiger partial charge in [0.15, 0.2) is 0 Å². The molecule has 0 radical (unpaired) electrons. The lowest BCUT2D eigenvalue weighted by atomic mass is 10.0. The van der Waals surface area contributed by atoms with Crippen molar-refractivity contribution in [1.29, 1.82) is 0 Å². The molecule has 15 heavy (non-hydrogen) atoms. The zero-order valence-electron chi connectivity index (χ0n) is 9.13. The Labute approximate surface area is 99.1 Å². The molecule has 1 atom stereocenters. The van der Waals surface area contributed by atoms with Crippen LogP contribution in [0.15, 0.2) is 22.8 Å². The molecule has 1 aromatic rings. The maximum Gasteiger partial charge on any atom is 0.106 e. The first-order valence-electron chi connectivity index (χ1n) is 5.08. The maximum atomic E-state index is 9.76. The molecule has 0 amide bonds. The molecule has 2 N–H and O–H groups in total. The van der Waals surface area contributed by atoms with Gasteiger partial charge in [-0.05, 0) is 41.4 Å². The van der Waals surface area contributed by atoms with Gasteiger partial charge in [-0.2, -0.15) is 0 Å². The second-order valence-electron chi connectivity index (χ2n) is 3.91. The zero-order valence-corrected chi connectivity index (χ0v) is 10.7. The highest BCUT2D eigenvalue weighted by Crippen LogP contribution is 2.08. The summed E-state index contributed by atoms with van der Waals surface area (Å²) in [7, 11) is 0. The van der Waals surface area contributed by atoms with Gasteiger partial charge in [0, 0.05) is 13.1 Å². The van der Waals surface area contributed by atoms with Crippen molar-refractivity contribution in [2.75, 3.05) is 6.54 Å². The SMILES string of the molecule is CCC(C)(O)CNCc1cccc(Br)n1. The highest BCUT2D eigenvalue weighted by atomic mass is 79.9. The van der Waals surface area contributed by atoms with Gasteiger partial charge >= 0.3 is 0 Å². The van der Waals surface area contributed by atoms with Crippen molar-refractivity contribution < 1.29 is 5.11 Å². The van der Waals surface area contributed by atoms with Gasteiger partial charge in [0.25, 0.3) is 0 Å². The first-order chi connectivity index (χ1) is 7.03. The summed E-state index contributed by atoms with van der Waals surface area (Å²) in [6, 6.07) is 5.80. The highest BCUT2D eigenvalue weighted by Gasteiger charge is 2.16. The fourth-order valence-corrected chi connectivity index (χ4v) is 1.51. The molecule has 0 saturated carbocycles. The van der Waals surface area contributed by atoms with Crippen LogP contribution in [0.25, 0.3) is 0 Å². The monoisotopic (exact) mass is 272 g/mol. The van der Waals surface area contributed by atoms with Gasteiger partial charge in [-0.25, -0.2) is 4.98 Å². The van der Waals surface area contributed by atoms with Crippen molar-refractivity contribution in [2.45, 2.75) is 32.4 Å². The third kappa shape index (κ3) is 4.73. The number of aliphatic hydroxyl groups is 1. The Morgan fingerprint density at radius 3 is 2.87 bits per heavy atom. The van der Waals surface area contributed by atoms with Crippen molar-refractivity contribution in [3.05, 3.63) is 28.5 Å². The fourth-order valence-electron chi connectivity index (χ4n) is 1.13. The number of rotatable bonds is 5. The van der Waals surface area contributed by atoms with Crippen molar-refractivity contribution >= 4 is 15.9 Å². The molecule has 3 nitrogen and oxygen atoms in total. The van der Waals surface area contributed by atoms with E-state index in [1.807, 2.05) is 32.0 Å². The van der Waals surface area contributed by atoms with Gasteiger partial charge in [0.1, 0.15) is 4.60 Å². The zero-order chi connectivity index (χ0) is 11.3. The van der Waals surface area contributed by atoms with Crippen LogP contribution in [-0.4, -0.2) is 22.2 Å². The van der Waals surface area contributed by atoms with Gasteiger partial charge in [-0.3, -0.25) is 0 Å². The van der Waals surface area contributed by atoms with E-state index in [2.05, 4.69) is 26.2 Å². The van der Waals surface area contributed by atoms with Crippen molar-refractivity contribution in [3.63, 3.8) is 0 Å². The van der Waals surface area contributed by atoms with Crippen LogP contribution in [0.1, 0.15) is 26.0 Å². The molecule has 0 spiro atoms. The van der Waals surface area contributed by atoms with Crippen LogP contribution in [-0.2, 0) is 6.54 Å². The predicted octanol–water partition coefficient (Wildman–Crippen LogP) is 2.09. The van der Waals surface area contributed by atoms with E-state index in [-0.39, 0.29) is 0 Å². The van der Waals surface area contributed by atoms with E-state index in [0.29, 0.717) is 13.1 Å². The summed E-state index contributed by atoms with van der Waals surface area (Å²) in [6.07, 6.45) is 0.742. The second-order valence-corrected chi connectivity index (χ2v) is 4.72. The molecule has 0 aliphatic heterocycles. The second kappa shape index (κ2) is 5.58. The average molecular weight is 273 g/mol. The smallest absolute Gasteiger partial charge is 0.106 e. The third-order valence-corrected chi connectivity index (χ3v) is 2.79. The summed E-state index contributed by atoms with van der Waals surface area (Å²) in [4.78, 5) is 4.29. The lowest BCUT2D eigenvalue weighted by Crippen LogP contribution is -2.36. The molecule has 0 aliphatic carbocycles. The van der Waals surface area contributed by atoms with Crippen LogP contribution in [0, 0.1) is 0 Å². The van der Waals surface area contributed by atoms with E-state index in [0.717, 1.165) is 16.7 Å². The summed E-state index contributed by atoms with van der Waals surface area (Å²) in [5.74, 6) is 0. The van der Waals surface area contributed by atoms with Crippen LogP contribution in [0.5, 0.6) is 0 Å². The average Bonchev–Trinajstić information content (AvgIpc) is 2.18. The highest BCUT2D eigenvalue weighted by molar-refractivity contribution is 9.10. The summed E-state index contributed by atoms with van der Waals surface area (Å²) in [5, 5.41) is 13.0. The van der Waals surface area contributed by atoms with Gasteiger partial charge < -0.3 is 10.4 Å². The summed E-state index contributed by atoms with van der Waals surface area (Å²) >= 11 is 3.32. The minimum absolute atomic E-state index is 0.581. The Morgan fingerprint density at radius 2 is 2.27 bits per heavy atom. The largest absolute Gasteiger partial charge is 0.389 e. The number of pyridine rings is 1. The molecule has 84 valence electrons. The summed E-state index contributed by atoms with van der Waals surface area (Å²) < 4.78 is 0.837. The first-order valence-corrected chi connectivity index (χ1v) is 5.87. The molecule has 1 aromatic heterocycles. The molecular formula is C11H17BrN2O. The molecule has 0 aliphatic rings. The Morgan fingerprint density at radius 1 is 1.53 bits per heavy atom. The van der Waals surface area contributed by atoms with E-state index in [1.54, 1.807) is 0 Å². The van der Waals surface area contributed by atoms with Crippen LogP contribution >= 0.6 is 15.9 Å². The molecule has 0 fully saturated rings. The van der Waals surface area contributed by atoms with Crippen molar-refractivity contribution in [2.24, 2.45) is 0 Å². The van der Waals surface area contributed by atoms with E-state index in [1.165, 1.54) is 0 Å². The normalized spacial score (nSPS) is 14.9. The van der Waals surface area contributed by atoms with Crippen molar-refractivity contribution in [3.8, 4) is 0 Å². The minimum Gasteiger partial charge on any atom is -0.389 e. The molecule has 0 saturated heterocycles. The standard InChI is InChI=1S/C11H17BrN2O/c1-3-11(2,15)8-13-7-9-5-4-6-10(12)14-9/h4-6,13,15H,3,7-8H2,1-2H3. The van der Waals surface area contributed by atoms with Gasteiger partial charge in [0.05, 0.1) is 11.3 Å². The molecule has 1 unspecified atom stereocenters. The van der Waals surface area contributed by atoms with Gasteiger partial charge in [-0.1, -0.05) is 13.0 Å². The number of aromatic nitrogens is 1. The number of nitrogens with zero attached hydrogens (tertiary/aromatic N) is 1. The molecule has 1 heterocycles.